The molecule has 0 saturated heterocycles. The fourth-order valence-corrected chi connectivity index (χ4v) is 11.5. The molecule has 2 nitrogen and oxygen atoms in total. The Morgan fingerprint density at radius 1 is 0.365 bits per heavy atom. The van der Waals surface area contributed by atoms with E-state index in [1.165, 1.54) is 122 Å². The van der Waals surface area contributed by atoms with Gasteiger partial charge in [-0.2, -0.15) is 0 Å². The zero-order valence-electron chi connectivity index (χ0n) is 36.1. The van der Waals surface area contributed by atoms with Crippen molar-refractivity contribution in [2.24, 2.45) is 0 Å². The molecular formula is C61H46N2. The van der Waals surface area contributed by atoms with Crippen LogP contribution in [0.1, 0.15) is 67.6 Å². The predicted octanol–water partition coefficient (Wildman–Crippen LogP) is 16.1. The summed E-state index contributed by atoms with van der Waals surface area (Å²) >= 11 is 0. The van der Waals surface area contributed by atoms with Crippen LogP contribution in [0.2, 0.25) is 0 Å². The number of hydrogen-bond acceptors (Lipinski definition) is 0. The van der Waals surface area contributed by atoms with E-state index in [9.17, 15) is 0 Å². The van der Waals surface area contributed by atoms with Crippen LogP contribution in [0.5, 0.6) is 0 Å². The van der Waals surface area contributed by atoms with Crippen molar-refractivity contribution in [1.29, 1.82) is 0 Å². The highest BCUT2D eigenvalue weighted by molar-refractivity contribution is 6.12. The van der Waals surface area contributed by atoms with Crippen molar-refractivity contribution in [3.05, 3.63) is 216 Å². The first-order chi connectivity index (χ1) is 30.8. The van der Waals surface area contributed by atoms with E-state index in [1.807, 2.05) is 0 Å². The predicted molar refractivity (Wildman–Crippen MR) is 266 cm³/mol. The molecule has 0 unspecified atom stereocenters. The van der Waals surface area contributed by atoms with Crippen LogP contribution in [-0.2, 0) is 10.8 Å². The summed E-state index contributed by atoms with van der Waals surface area (Å²) in [6.45, 7) is 9.46. The van der Waals surface area contributed by atoms with Gasteiger partial charge >= 0.3 is 0 Å². The van der Waals surface area contributed by atoms with Crippen molar-refractivity contribution in [2.75, 3.05) is 0 Å². The lowest BCUT2D eigenvalue weighted by Crippen LogP contribution is -2.15. The highest BCUT2D eigenvalue weighted by Gasteiger charge is 2.37. The first-order valence-electron chi connectivity index (χ1n) is 22.4. The summed E-state index contributed by atoms with van der Waals surface area (Å²) in [5.41, 5.74) is 24.3. The number of benzene rings is 8. The van der Waals surface area contributed by atoms with E-state index in [2.05, 4.69) is 231 Å². The standard InChI is InChI=1S/C61H46N2/c1-60(2)52-20-13-11-17-44(52)46-28-23-41(36-54(46)60)40-26-32-59-51(35-40)50-34-39(25-31-58(50)62(59)42-15-7-5-8-16-42)38-24-30-57-49(33-38)48-19-9-6-10-22-56(48)63(57)43-27-29-47-45-18-12-14-21-53(45)61(3,4)55(47)37-43/h5,7-37H,6H2,1-4H3. The third-order valence-corrected chi connectivity index (χ3v) is 14.7. The molecule has 0 bridgehead atoms. The Morgan fingerprint density at radius 2 is 0.841 bits per heavy atom. The van der Waals surface area contributed by atoms with Gasteiger partial charge in [-0.15, -0.1) is 0 Å². The second kappa shape index (κ2) is 13.0. The number of para-hydroxylation sites is 1. The molecule has 63 heavy (non-hydrogen) atoms. The summed E-state index contributed by atoms with van der Waals surface area (Å²) in [5, 5.41) is 3.78. The molecular weight excluding hydrogens is 761 g/mol. The molecule has 0 atom stereocenters. The third-order valence-electron chi connectivity index (χ3n) is 14.7. The van der Waals surface area contributed by atoms with Crippen LogP contribution in [0.4, 0.5) is 0 Å². The van der Waals surface area contributed by atoms with E-state index in [1.54, 1.807) is 0 Å². The van der Waals surface area contributed by atoms with Gasteiger partial charge in [0.25, 0.3) is 0 Å². The summed E-state index contributed by atoms with van der Waals surface area (Å²) in [5.74, 6) is 0. The van der Waals surface area contributed by atoms with Crippen LogP contribution in [-0.4, -0.2) is 9.13 Å². The summed E-state index contributed by atoms with van der Waals surface area (Å²) in [7, 11) is 0. The molecule has 8 aromatic carbocycles. The van der Waals surface area contributed by atoms with Crippen LogP contribution >= 0.6 is 0 Å². The summed E-state index contributed by atoms with van der Waals surface area (Å²) in [6, 6.07) is 64.0. The van der Waals surface area contributed by atoms with Gasteiger partial charge in [-0.1, -0.05) is 149 Å². The van der Waals surface area contributed by atoms with Gasteiger partial charge in [-0.3, -0.25) is 0 Å². The van der Waals surface area contributed by atoms with E-state index in [4.69, 9.17) is 0 Å². The molecule has 0 spiro atoms. The van der Waals surface area contributed by atoms with E-state index in [-0.39, 0.29) is 10.8 Å². The Balaban J connectivity index is 0.968. The van der Waals surface area contributed by atoms with Crippen LogP contribution in [0, 0.1) is 0 Å². The molecule has 10 aromatic rings. The topological polar surface area (TPSA) is 9.86 Å². The molecule has 0 N–H and O–H groups in total. The van der Waals surface area contributed by atoms with Gasteiger partial charge in [-0.25, -0.2) is 0 Å². The molecule has 0 fully saturated rings. The summed E-state index contributed by atoms with van der Waals surface area (Å²) < 4.78 is 4.91. The molecule has 3 aliphatic rings. The Morgan fingerprint density at radius 3 is 1.48 bits per heavy atom. The van der Waals surface area contributed by atoms with E-state index in [0.717, 1.165) is 6.42 Å². The highest BCUT2D eigenvalue weighted by Crippen LogP contribution is 2.51. The van der Waals surface area contributed by atoms with Crippen LogP contribution in [0.3, 0.4) is 0 Å². The van der Waals surface area contributed by atoms with E-state index in [0.29, 0.717) is 0 Å². The number of fused-ring (bicyclic) bond motifs is 12. The number of aromatic nitrogens is 2. The third kappa shape index (κ3) is 5.13. The molecule has 13 rings (SSSR count). The van der Waals surface area contributed by atoms with Gasteiger partial charge in [0.1, 0.15) is 0 Å². The van der Waals surface area contributed by atoms with Gasteiger partial charge in [-0.05, 0) is 146 Å². The molecule has 2 aromatic heterocycles. The molecule has 0 aliphatic heterocycles. The molecule has 0 amide bonds. The summed E-state index contributed by atoms with van der Waals surface area (Å²) in [4.78, 5) is 0. The Hall–Kier alpha value is -7.42. The molecule has 2 heteroatoms. The van der Waals surface area contributed by atoms with Crippen LogP contribution in [0.15, 0.2) is 182 Å². The lowest BCUT2D eigenvalue weighted by atomic mass is 9.81. The van der Waals surface area contributed by atoms with Crippen molar-refractivity contribution in [1.82, 2.24) is 9.13 Å². The quantitative estimate of drug-likeness (QED) is 0.168. The van der Waals surface area contributed by atoms with Gasteiger partial charge < -0.3 is 9.13 Å². The lowest BCUT2D eigenvalue weighted by Gasteiger charge is -2.22. The van der Waals surface area contributed by atoms with Crippen molar-refractivity contribution < 1.29 is 0 Å². The highest BCUT2D eigenvalue weighted by atomic mass is 15.0. The zero-order chi connectivity index (χ0) is 42.2. The first kappa shape index (κ1) is 36.3. The summed E-state index contributed by atoms with van der Waals surface area (Å²) in [6.07, 6.45) is 10.2. The second-order valence-corrected chi connectivity index (χ2v) is 18.9. The van der Waals surface area contributed by atoms with Crippen molar-refractivity contribution >= 4 is 44.9 Å². The van der Waals surface area contributed by atoms with Crippen LogP contribution < -0.4 is 0 Å². The number of rotatable bonds is 4. The monoisotopic (exact) mass is 806 g/mol. The molecule has 300 valence electrons. The van der Waals surface area contributed by atoms with Crippen molar-refractivity contribution in [2.45, 2.75) is 44.9 Å². The first-order valence-corrected chi connectivity index (χ1v) is 22.4. The van der Waals surface area contributed by atoms with Gasteiger partial charge in [0.2, 0.25) is 0 Å². The van der Waals surface area contributed by atoms with Crippen molar-refractivity contribution in [3.63, 3.8) is 0 Å². The Kier molecular flexibility index (Phi) is 7.51. The minimum Gasteiger partial charge on any atom is -0.309 e. The molecule has 3 aliphatic carbocycles. The second-order valence-electron chi connectivity index (χ2n) is 18.9. The largest absolute Gasteiger partial charge is 0.309 e. The van der Waals surface area contributed by atoms with Gasteiger partial charge in [0.05, 0.1) is 22.2 Å². The average Bonchev–Trinajstić information content (AvgIpc) is 3.88. The molecule has 0 radical (unpaired) electrons. The lowest BCUT2D eigenvalue weighted by molar-refractivity contribution is 0.660. The molecule has 0 saturated carbocycles. The SMILES string of the molecule is CC1(C)c2ccccc2-c2ccc(-c3ccc4c(c3)c3cc(-c5ccc6c(c5)c5c(n6-c6ccc7c(c6)C(C)(C)c6ccccc6-7)C=CCC=C5)ccc3n4-c3ccccc3)cc21. The Bertz CT molecular complexity index is 3640. The fraction of sp³-hybridized carbons (Fsp3) is 0.115. The average molecular weight is 807 g/mol. The normalized spacial score (nSPS) is 15.0. The number of hydrogen-bond donors (Lipinski definition) is 0. The van der Waals surface area contributed by atoms with Crippen LogP contribution in [0.25, 0.3) is 101 Å². The smallest absolute Gasteiger partial charge is 0.0541 e. The Labute approximate surface area is 368 Å². The maximum atomic E-state index is 2.48. The maximum absolute atomic E-state index is 2.48. The molecule has 2 heterocycles. The fourth-order valence-electron chi connectivity index (χ4n) is 11.5. The van der Waals surface area contributed by atoms with Gasteiger partial charge in [0, 0.05) is 43.9 Å². The maximum Gasteiger partial charge on any atom is 0.0541 e. The number of nitrogens with zero attached hydrogens (tertiary/aromatic N) is 2. The van der Waals surface area contributed by atoms with Gasteiger partial charge in [0.15, 0.2) is 0 Å². The van der Waals surface area contributed by atoms with E-state index < -0.39 is 0 Å². The minimum absolute atomic E-state index is 0.0541. The van der Waals surface area contributed by atoms with E-state index >= 15 is 0 Å². The van der Waals surface area contributed by atoms with Crippen molar-refractivity contribution in [3.8, 4) is 55.9 Å². The number of allylic oxidation sites excluding steroid dienone is 2. The minimum atomic E-state index is -0.0710. The zero-order valence-corrected chi connectivity index (χ0v) is 36.1.